The number of aliphatic carboxylic acids is 1. The van der Waals surface area contributed by atoms with Crippen molar-refractivity contribution in [3.05, 3.63) is 116 Å². The van der Waals surface area contributed by atoms with E-state index in [4.69, 9.17) is 9.47 Å². The average Bonchev–Trinajstić information content (AvgIpc) is 3.88. The summed E-state index contributed by atoms with van der Waals surface area (Å²) in [6, 6.07) is 19.8. The van der Waals surface area contributed by atoms with E-state index < -0.39 is 59.0 Å². The molecule has 0 radical (unpaired) electrons. The Hall–Kier alpha value is -6.16. The molecule has 3 N–H and O–H groups in total. The molecule has 15 nitrogen and oxygen atoms in total. The van der Waals surface area contributed by atoms with Crippen molar-refractivity contribution in [1.82, 2.24) is 20.5 Å². The summed E-state index contributed by atoms with van der Waals surface area (Å²) in [6.45, 7) is 12.8. The second-order valence-electron chi connectivity index (χ2n) is 16.4. The SMILES string of the molecule is CC[C@H](C)[C@H](NC(=O)OCC1c2ccccc2-c2ccccc21)C(=O)N(CC)[C@H](C[C@@H](OC(C)=O)c1nc(C(=O)N[C@@H](Cc2ccc([N+](=O)[O-])cc2)C[C@H](C)C(=O)O)cs1)C(C)C. The van der Waals surface area contributed by atoms with Gasteiger partial charge in [-0.1, -0.05) is 102 Å². The predicted molar refractivity (Wildman–Crippen MR) is 238 cm³/mol. The molecule has 1 heterocycles. The molecule has 0 saturated carbocycles. The fourth-order valence-electron chi connectivity index (χ4n) is 8.12. The highest BCUT2D eigenvalue weighted by atomic mass is 32.1. The van der Waals surface area contributed by atoms with Crippen LogP contribution in [0.4, 0.5) is 10.5 Å². The van der Waals surface area contributed by atoms with Crippen LogP contribution in [0.15, 0.2) is 78.2 Å². The highest BCUT2D eigenvalue weighted by Gasteiger charge is 2.38. The number of aromatic nitrogens is 1. The molecule has 0 fully saturated rings. The molecular formula is C47H57N5O10S. The molecule has 1 aliphatic rings. The molecule has 4 aromatic rings. The number of esters is 1. The Labute approximate surface area is 371 Å². The van der Waals surface area contributed by atoms with Gasteiger partial charge in [0, 0.05) is 55.4 Å². The van der Waals surface area contributed by atoms with E-state index in [0.717, 1.165) is 33.6 Å². The number of carbonyl (C=O) groups is 5. The molecule has 6 atom stereocenters. The Kier molecular flexibility index (Phi) is 16.5. The van der Waals surface area contributed by atoms with Crippen molar-refractivity contribution in [2.75, 3.05) is 13.2 Å². The van der Waals surface area contributed by atoms with Crippen molar-refractivity contribution in [3.63, 3.8) is 0 Å². The van der Waals surface area contributed by atoms with E-state index in [1.165, 1.54) is 31.4 Å². The number of hydrogen-bond acceptors (Lipinski definition) is 11. The first kappa shape index (κ1) is 47.9. The number of carboxylic acids is 1. The third-order valence-corrected chi connectivity index (χ3v) is 12.6. The largest absolute Gasteiger partial charge is 0.481 e. The summed E-state index contributed by atoms with van der Waals surface area (Å²) >= 11 is 1.11. The Balaban J connectivity index is 1.31. The predicted octanol–water partition coefficient (Wildman–Crippen LogP) is 8.32. The van der Waals surface area contributed by atoms with Crippen molar-refractivity contribution in [1.29, 1.82) is 0 Å². The van der Waals surface area contributed by atoms with Crippen LogP contribution in [0.3, 0.4) is 0 Å². The van der Waals surface area contributed by atoms with Crippen LogP contribution in [0.1, 0.15) is 112 Å². The zero-order valence-electron chi connectivity index (χ0n) is 36.7. The number of ether oxygens (including phenoxy) is 2. The molecule has 0 aliphatic heterocycles. The topological polar surface area (TPSA) is 207 Å². The Morgan fingerprint density at radius 1 is 0.905 bits per heavy atom. The molecule has 1 aliphatic carbocycles. The number of hydrogen-bond donors (Lipinski definition) is 3. The van der Waals surface area contributed by atoms with E-state index in [2.05, 4.69) is 27.8 Å². The fourth-order valence-corrected chi connectivity index (χ4v) is 8.96. The number of benzene rings is 3. The van der Waals surface area contributed by atoms with Crippen LogP contribution in [-0.4, -0.2) is 81.0 Å². The van der Waals surface area contributed by atoms with Gasteiger partial charge in [0.15, 0.2) is 6.10 Å². The number of nitro benzene ring substituents is 1. The van der Waals surface area contributed by atoms with E-state index in [1.54, 1.807) is 17.0 Å². The van der Waals surface area contributed by atoms with Crippen LogP contribution in [-0.2, 0) is 30.3 Å². The normalized spacial score (nSPS) is 14.9. The summed E-state index contributed by atoms with van der Waals surface area (Å²) in [5.41, 5.74) is 4.94. The summed E-state index contributed by atoms with van der Waals surface area (Å²) in [6.07, 6.45) is -0.624. The van der Waals surface area contributed by atoms with Crippen LogP contribution in [0.5, 0.6) is 0 Å². The number of nitro groups is 1. The summed E-state index contributed by atoms with van der Waals surface area (Å²) in [4.78, 5) is 83.0. The van der Waals surface area contributed by atoms with Gasteiger partial charge < -0.3 is 30.1 Å². The van der Waals surface area contributed by atoms with E-state index in [9.17, 15) is 39.2 Å². The highest BCUT2D eigenvalue weighted by Crippen LogP contribution is 2.44. The minimum Gasteiger partial charge on any atom is -0.481 e. The Morgan fingerprint density at radius 2 is 1.52 bits per heavy atom. The van der Waals surface area contributed by atoms with Gasteiger partial charge in [0.1, 0.15) is 23.4 Å². The number of thiazole rings is 1. The molecule has 0 bridgehead atoms. The summed E-state index contributed by atoms with van der Waals surface area (Å²) in [5.74, 6) is -3.87. The third-order valence-electron chi connectivity index (χ3n) is 11.7. The monoisotopic (exact) mass is 883 g/mol. The number of nitrogens with one attached hydrogen (secondary N) is 2. The number of nitrogens with zero attached hydrogens (tertiary/aromatic N) is 3. The van der Waals surface area contributed by atoms with E-state index >= 15 is 0 Å². The van der Waals surface area contributed by atoms with E-state index in [1.807, 2.05) is 71.0 Å². The van der Waals surface area contributed by atoms with E-state index in [-0.39, 0.29) is 67.5 Å². The average molecular weight is 884 g/mol. The van der Waals surface area contributed by atoms with Crippen molar-refractivity contribution in [2.45, 2.75) is 104 Å². The number of fused-ring (bicyclic) bond motifs is 3. The van der Waals surface area contributed by atoms with Gasteiger partial charge in [-0.2, -0.15) is 0 Å². The second-order valence-corrected chi connectivity index (χ2v) is 17.3. The third kappa shape index (κ3) is 12.1. The van der Waals surface area contributed by atoms with Crippen LogP contribution < -0.4 is 10.6 Å². The molecular weight excluding hydrogens is 827 g/mol. The molecule has 63 heavy (non-hydrogen) atoms. The number of amides is 3. The maximum atomic E-state index is 14.6. The molecule has 16 heteroatoms. The first-order chi connectivity index (χ1) is 30.0. The summed E-state index contributed by atoms with van der Waals surface area (Å²) in [5, 5.41) is 28.4. The van der Waals surface area contributed by atoms with Crippen LogP contribution >= 0.6 is 11.3 Å². The standard InChI is InChI=1S/C47H57N5O10S/c1-8-28(5)42(50-47(58)61-25-38-36-16-12-10-14-34(36)35-15-11-13-17-37(35)38)45(55)51(9-2)40(27(3)4)24-41(62-30(7)53)44-49-39(26-63-44)43(54)48-32(22-29(6)46(56)57)23-31-18-20-33(21-19-31)52(59)60/h10-21,26-29,32,38,40-42H,8-9,22-25H2,1-7H3,(H,48,54)(H,50,58)(H,56,57)/t28-,29-,32+,40+,41+,42-/m0/s1. The van der Waals surface area contributed by atoms with Gasteiger partial charge in [0.2, 0.25) is 5.91 Å². The molecule has 336 valence electrons. The number of carbonyl (C=O) groups excluding carboxylic acids is 4. The quantitative estimate of drug-likeness (QED) is 0.0412. The molecule has 3 aromatic carbocycles. The lowest BCUT2D eigenvalue weighted by Crippen LogP contribution is -2.55. The molecule has 0 spiro atoms. The number of alkyl carbamates (subject to hydrolysis) is 1. The van der Waals surface area contributed by atoms with Crippen LogP contribution in [0, 0.1) is 27.9 Å². The lowest BCUT2D eigenvalue weighted by Gasteiger charge is -2.38. The van der Waals surface area contributed by atoms with E-state index in [0.29, 0.717) is 17.0 Å². The molecule has 0 saturated heterocycles. The zero-order valence-corrected chi connectivity index (χ0v) is 37.6. The number of likely N-dealkylation sites (N-methyl/N-ethyl adjacent to an activating group) is 1. The number of non-ortho nitro benzene ring substituents is 1. The summed E-state index contributed by atoms with van der Waals surface area (Å²) < 4.78 is 11.7. The zero-order chi connectivity index (χ0) is 46.0. The van der Waals surface area contributed by atoms with Crippen molar-refractivity contribution >= 4 is 46.9 Å². The van der Waals surface area contributed by atoms with Gasteiger partial charge in [0.25, 0.3) is 11.6 Å². The van der Waals surface area contributed by atoms with Gasteiger partial charge in [-0.3, -0.25) is 29.3 Å². The molecule has 0 unspecified atom stereocenters. The minimum absolute atomic E-state index is 0.0254. The van der Waals surface area contributed by atoms with Crippen LogP contribution in [0.2, 0.25) is 0 Å². The van der Waals surface area contributed by atoms with Crippen LogP contribution in [0.25, 0.3) is 11.1 Å². The lowest BCUT2D eigenvalue weighted by molar-refractivity contribution is -0.384. The molecule has 3 amide bonds. The maximum Gasteiger partial charge on any atom is 0.407 e. The molecule has 5 rings (SSSR count). The minimum atomic E-state index is -1.04. The summed E-state index contributed by atoms with van der Waals surface area (Å²) in [7, 11) is 0. The highest BCUT2D eigenvalue weighted by molar-refractivity contribution is 7.09. The van der Waals surface area contributed by atoms with Crippen molar-refractivity contribution < 1.29 is 43.5 Å². The van der Waals surface area contributed by atoms with Gasteiger partial charge in [0.05, 0.1) is 10.8 Å². The second kappa shape index (κ2) is 21.8. The fraction of sp³-hybridized carbons (Fsp3) is 0.447. The van der Waals surface area contributed by atoms with Gasteiger partial charge in [-0.15, -0.1) is 11.3 Å². The molecule has 1 aromatic heterocycles. The first-order valence-corrected chi connectivity index (χ1v) is 22.2. The first-order valence-electron chi connectivity index (χ1n) is 21.3. The number of rotatable bonds is 21. The Morgan fingerprint density at radius 3 is 2.06 bits per heavy atom. The van der Waals surface area contributed by atoms with Gasteiger partial charge in [-0.05, 0) is 59.4 Å². The van der Waals surface area contributed by atoms with Gasteiger partial charge in [-0.25, -0.2) is 9.78 Å². The number of carboxylic acid groups (broad SMARTS) is 1. The maximum absolute atomic E-state index is 14.6. The smallest absolute Gasteiger partial charge is 0.407 e. The Bertz CT molecular complexity index is 2220. The van der Waals surface area contributed by atoms with Crippen molar-refractivity contribution in [2.24, 2.45) is 17.8 Å². The van der Waals surface area contributed by atoms with Crippen molar-refractivity contribution in [3.8, 4) is 11.1 Å². The van der Waals surface area contributed by atoms with Gasteiger partial charge >= 0.3 is 18.0 Å². The lowest BCUT2D eigenvalue weighted by atomic mass is 9.92.